The predicted molar refractivity (Wildman–Crippen MR) is 126 cm³/mol. The van der Waals surface area contributed by atoms with Gasteiger partial charge in [-0.1, -0.05) is 24.3 Å². The average Bonchev–Trinajstić information content (AvgIpc) is 2.88. The molecule has 3 aromatic heterocycles. The summed E-state index contributed by atoms with van der Waals surface area (Å²) in [4.78, 5) is 38.0. The summed E-state index contributed by atoms with van der Waals surface area (Å²) in [5.41, 5.74) is 1.98. The molecule has 166 valence electrons. The van der Waals surface area contributed by atoms with Crippen LogP contribution in [0.4, 0.5) is 0 Å². The van der Waals surface area contributed by atoms with Gasteiger partial charge < -0.3 is 4.90 Å². The minimum atomic E-state index is -0.126. The highest BCUT2D eigenvalue weighted by atomic mass is 16.2. The fraction of sp³-hybridized carbons (Fsp3) is 0.240. The third-order valence-electron chi connectivity index (χ3n) is 5.99. The lowest BCUT2D eigenvalue weighted by Crippen LogP contribution is -2.49. The van der Waals surface area contributed by atoms with E-state index in [0.717, 1.165) is 35.1 Å². The summed E-state index contributed by atoms with van der Waals surface area (Å²) in [6, 6.07) is 16.8. The molecule has 0 atom stereocenters. The van der Waals surface area contributed by atoms with Crippen molar-refractivity contribution >= 4 is 16.7 Å². The Morgan fingerprint density at radius 3 is 2.55 bits per heavy atom. The molecule has 1 fully saturated rings. The minimum Gasteiger partial charge on any atom is -0.335 e. The van der Waals surface area contributed by atoms with Crippen LogP contribution < -0.4 is 5.56 Å². The number of carbonyl (C=O) groups is 1. The van der Waals surface area contributed by atoms with Gasteiger partial charge in [-0.05, 0) is 29.7 Å². The van der Waals surface area contributed by atoms with Crippen LogP contribution in [0.15, 0.2) is 78.0 Å². The Balaban J connectivity index is 1.21. The lowest BCUT2D eigenvalue weighted by molar-refractivity contribution is 0.0628. The Hall–Kier alpha value is -3.91. The number of pyridine rings is 2. The number of hydrogen-bond acceptors (Lipinski definition) is 6. The van der Waals surface area contributed by atoms with Crippen molar-refractivity contribution in [3.63, 3.8) is 0 Å². The van der Waals surface area contributed by atoms with E-state index in [2.05, 4.69) is 20.0 Å². The number of amides is 1. The van der Waals surface area contributed by atoms with Crippen molar-refractivity contribution in [2.75, 3.05) is 32.7 Å². The van der Waals surface area contributed by atoms with Gasteiger partial charge in [0.2, 0.25) is 0 Å². The molecule has 33 heavy (non-hydrogen) atoms. The molecular formula is C25H24N6O2. The summed E-state index contributed by atoms with van der Waals surface area (Å²) in [6.45, 7) is 3.92. The summed E-state index contributed by atoms with van der Waals surface area (Å²) in [6.07, 6.45) is 5.13. The number of piperazine rings is 1. The second-order valence-electron chi connectivity index (χ2n) is 8.04. The molecule has 0 aliphatic carbocycles. The summed E-state index contributed by atoms with van der Waals surface area (Å²) in [5, 5.41) is 6.40. The van der Waals surface area contributed by atoms with Gasteiger partial charge in [-0.15, -0.1) is 0 Å². The molecule has 0 unspecified atom stereocenters. The number of fused-ring (bicyclic) bond motifs is 1. The molecule has 8 nitrogen and oxygen atoms in total. The second kappa shape index (κ2) is 9.30. The van der Waals surface area contributed by atoms with Crippen molar-refractivity contribution in [1.29, 1.82) is 0 Å². The van der Waals surface area contributed by atoms with Gasteiger partial charge >= 0.3 is 0 Å². The van der Waals surface area contributed by atoms with E-state index in [1.54, 1.807) is 30.7 Å². The van der Waals surface area contributed by atoms with E-state index in [4.69, 9.17) is 0 Å². The molecule has 0 bridgehead atoms. The third-order valence-corrected chi connectivity index (χ3v) is 5.99. The number of aromatic nitrogens is 4. The Morgan fingerprint density at radius 1 is 0.879 bits per heavy atom. The first-order valence-electron chi connectivity index (χ1n) is 11.0. The quantitative estimate of drug-likeness (QED) is 0.474. The molecule has 0 N–H and O–H groups in total. The molecule has 1 aliphatic rings. The van der Waals surface area contributed by atoms with Gasteiger partial charge in [-0.2, -0.15) is 5.10 Å². The van der Waals surface area contributed by atoms with Gasteiger partial charge in [-0.3, -0.25) is 24.5 Å². The number of hydrogen-bond donors (Lipinski definition) is 0. The van der Waals surface area contributed by atoms with Gasteiger partial charge in [0.25, 0.3) is 11.5 Å². The molecule has 0 saturated carbocycles. The van der Waals surface area contributed by atoms with E-state index in [1.807, 2.05) is 47.4 Å². The molecule has 1 amide bonds. The van der Waals surface area contributed by atoms with E-state index in [0.29, 0.717) is 31.9 Å². The molecule has 1 aromatic carbocycles. The molecule has 4 aromatic rings. The van der Waals surface area contributed by atoms with Crippen LogP contribution in [-0.2, 0) is 6.54 Å². The summed E-state index contributed by atoms with van der Waals surface area (Å²) < 4.78 is 1.50. The summed E-state index contributed by atoms with van der Waals surface area (Å²) in [7, 11) is 0. The highest BCUT2D eigenvalue weighted by molar-refractivity contribution is 6.05. The van der Waals surface area contributed by atoms with E-state index < -0.39 is 0 Å². The normalized spacial score (nSPS) is 14.5. The van der Waals surface area contributed by atoms with Crippen molar-refractivity contribution in [3.05, 3.63) is 89.2 Å². The standard InChI is InChI=1S/C25H24N6O2/c32-23-8-7-22(20-5-3-10-26-18-20)28-31(23)17-14-29-12-15-30(16-13-29)25(33)24-21-6-2-1-4-19(21)9-11-27-24/h1-11,18H,12-17H2. The second-order valence-corrected chi connectivity index (χ2v) is 8.04. The highest BCUT2D eigenvalue weighted by Crippen LogP contribution is 2.18. The zero-order valence-electron chi connectivity index (χ0n) is 18.2. The Bertz CT molecular complexity index is 1320. The number of carbonyl (C=O) groups excluding carboxylic acids is 1. The van der Waals surface area contributed by atoms with E-state index in [1.165, 1.54) is 4.68 Å². The first kappa shape index (κ1) is 21.0. The van der Waals surface area contributed by atoms with Crippen LogP contribution in [0, 0.1) is 0 Å². The summed E-state index contributed by atoms with van der Waals surface area (Å²) in [5.74, 6) is -0.0338. The predicted octanol–water partition coefficient (Wildman–Crippen LogP) is 2.31. The van der Waals surface area contributed by atoms with Gasteiger partial charge in [0.15, 0.2) is 0 Å². The van der Waals surface area contributed by atoms with Crippen molar-refractivity contribution in [1.82, 2.24) is 29.5 Å². The molecular weight excluding hydrogens is 416 g/mol. The van der Waals surface area contributed by atoms with Gasteiger partial charge in [0.05, 0.1) is 12.2 Å². The van der Waals surface area contributed by atoms with Crippen molar-refractivity contribution in [3.8, 4) is 11.3 Å². The van der Waals surface area contributed by atoms with Crippen molar-refractivity contribution in [2.45, 2.75) is 6.54 Å². The highest BCUT2D eigenvalue weighted by Gasteiger charge is 2.24. The van der Waals surface area contributed by atoms with E-state index >= 15 is 0 Å². The molecule has 4 heterocycles. The first-order chi connectivity index (χ1) is 16.2. The number of nitrogens with zero attached hydrogens (tertiary/aromatic N) is 6. The van der Waals surface area contributed by atoms with Crippen LogP contribution in [0.3, 0.4) is 0 Å². The van der Waals surface area contributed by atoms with Crippen LogP contribution in [0.2, 0.25) is 0 Å². The fourth-order valence-corrected chi connectivity index (χ4v) is 4.13. The van der Waals surface area contributed by atoms with Crippen LogP contribution in [0.1, 0.15) is 10.5 Å². The fourth-order valence-electron chi connectivity index (χ4n) is 4.13. The number of benzene rings is 1. The first-order valence-corrected chi connectivity index (χ1v) is 11.0. The van der Waals surface area contributed by atoms with E-state index in [-0.39, 0.29) is 11.5 Å². The van der Waals surface area contributed by atoms with Crippen molar-refractivity contribution in [2.24, 2.45) is 0 Å². The largest absolute Gasteiger partial charge is 0.335 e. The van der Waals surface area contributed by atoms with Crippen LogP contribution >= 0.6 is 0 Å². The molecule has 1 aliphatic heterocycles. The maximum absolute atomic E-state index is 13.1. The third kappa shape index (κ3) is 4.51. The Labute approximate surface area is 191 Å². The Kier molecular flexibility index (Phi) is 5.91. The maximum atomic E-state index is 13.1. The molecule has 5 rings (SSSR count). The van der Waals surface area contributed by atoms with E-state index in [9.17, 15) is 9.59 Å². The van der Waals surface area contributed by atoms with Gasteiger partial charge in [-0.25, -0.2) is 4.68 Å². The number of rotatable bonds is 5. The van der Waals surface area contributed by atoms with Gasteiger partial charge in [0, 0.05) is 68.3 Å². The Morgan fingerprint density at radius 2 is 1.73 bits per heavy atom. The molecule has 1 saturated heterocycles. The topological polar surface area (TPSA) is 84.2 Å². The molecule has 0 radical (unpaired) electrons. The van der Waals surface area contributed by atoms with Crippen LogP contribution in [0.5, 0.6) is 0 Å². The molecule has 8 heteroatoms. The van der Waals surface area contributed by atoms with Crippen LogP contribution in [-0.4, -0.2) is 68.2 Å². The zero-order valence-corrected chi connectivity index (χ0v) is 18.2. The molecule has 0 spiro atoms. The summed E-state index contributed by atoms with van der Waals surface area (Å²) >= 11 is 0. The SMILES string of the molecule is O=C(c1nccc2ccccc12)N1CCN(CCn2nc(-c3cccnc3)ccc2=O)CC1. The zero-order chi connectivity index (χ0) is 22.6. The minimum absolute atomic E-state index is 0.0338. The van der Waals surface area contributed by atoms with Crippen molar-refractivity contribution < 1.29 is 4.79 Å². The lowest BCUT2D eigenvalue weighted by atomic mass is 10.1. The van der Waals surface area contributed by atoms with Gasteiger partial charge in [0.1, 0.15) is 5.69 Å². The average molecular weight is 441 g/mol. The van der Waals surface area contributed by atoms with Crippen LogP contribution in [0.25, 0.3) is 22.0 Å². The monoisotopic (exact) mass is 440 g/mol. The maximum Gasteiger partial charge on any atom is 0.273 e. The smallest absolute Gasteiger partial charge is 0.273 e. The lowest BCUT2D eigenvalue weighted by Gasteiger charge is -2.34.